The van der Waals surface area contributed by atoms with Crippen molar-refractivity contribution in [2.75, 3.05) is 5.43 Å². The molecule has 3 N–H and O–H groups in total. The lowest BCUT2D eigenvalue weighted by Gasteiger charge is -2.12. The quantitative estimate of drug-likeness (QED) is 0.673. The summed E-state index contributed by atoms with van der Waals surface area (Å²) in [4.78, 5) is 4.06. The average molecular weight is 299 g/mol. The third kappa shape index (κ3) is 3.15. The maximum Gasteiger partial charge on any atom is 0.416 e. The number of pyridine rings is 1. The van der Waals surface area contributed by atoms with Gasteiger partial charge in [0.05, 0.1) is 11.3 Å². The smallest absolute Gasteiger partial charge is 0.308 e. The highest BCUT2D eigenvalue weighted by Crippen LogP contribution is 2.31. The molecule has 0 bridgehead atoms. The molecule has 0 aliphatic carbocycles. The van der Waals surface area contributed by atoms with Gasteiger partial charge in [-0.15, -0.1) is 0 Å². The van der Waals surface area contributed by atoms with Gasteiger partial charge in [0, 0.05) is 5.69 Å². The summed E-state index contributed by atoms with van der Waals surface area (Å²) in [5.41, 5.74) is 2.93. The Hall–Kier alpha value is -2.09. The number of hydrogen-bond acceptors (Lipinski definition) is 4. The number of hydrazine groups is 1. The van der Waals surface area contributed by atoms with Gasteiger partial charge in [0.25, 0.3) is 0 Å². The van der Waals surface area contributed by atoms with Crippen LogP contribution in [0.4, 0.5) is 19.0 Å². The number of anilines is 1. The normalized spacial score (nSPS) is 11.7. The second kappa shape index (κ2) is 5.72. The molecule has 2 heterocycles. The number of hydrogen-bond donors (Lipinski definition) is 2. The highest BCUT2D eigenvalue weighted by atomic mass is 19.4. The number of nitrogen functional groups attached to an aromatic ring is 1. The number of nitrogens with one attached hydrogen (secondary N) is 1. The summed E-state index contributed by atoms with van der Waals surface area (Å²) in [6, 6.07) is 3.68. The Morgan fingerprint density at radius 1 is 1.19 bits per heavy atom. The fourth-order valence-electron chi connectivity index (χ4n) is 1.96. The summed E-state index contributed by atoms with van der Waals surface area (Å²) in [6.45, 7) is 3.83. The van der Waals surface area contributed by atoms with Crippen LogP contribution in [0.25, 0.3) is 5.82 Å². The summed E-state index contributed by atoms with van der Waals surface area (Å²) >= 11 is 0. The molecule has 0 saturated carbocycles. The second-order valence-electron chi connectivity index (χ2n) is 4.49. The summed E-state index contributed by atoms with van der Waals surface area (Å²) < 4.78 is 40.2. The third-order valence-electron chi connectivity index (χ3n) is 3.06. The van der Waals surface area contributed by atoms with Gasteiger partial charge >= 0.3 is 6.18 Å². The lowest BCUT2D eigenvalue weighted by atomic mass is 10.2. The molecule has 2 aromatic heterocycles. The van der Waals surface area contributed by atoms with Crippen molar-refractivity contribution in [3.05, 3.63) is 35.2 Å². The van der Waals surface area contributed by atoms with E-state index < -0.39 is 11.7 Å². The van der Waals surface area contributed by atoms with Gasteiger partial charge in [0.1, 0.15) is 5.82 Å². The van der Waals surface area contributed by atoms with Crippen molar-refractivity contribution in [3.8, 4) is 5.82 Å². The first-order valence-corrected chi connectivity index (χ1v) is 6.53. The molecule has 114 valence electrons. The Kier molecular flexibility index (Phi) is 4.17. The minimum atomic E-state index is -4.48. The molecule has 0 radical (unpaired) electrons. The van der Waals surface area contributed by atoms with Gasteiger partial charge in [-0.3, -0.25) is 0 Å². The van der Waals surface area contributed by atoms with Crippen LogP contribution in [0.5, 0.6) is 0 Å². The molecule has 0 saturated heterocycles. The van der Waals surface area contributed by atoms with Crippen LogP contribution in [-0.4, -0.2) is 14.8 Å². The lowest BCUT2D eigenvalue weighted by Crippen LogP contribution is -2.15. The van der Waals surface area contributed by atoms with E-state index in [1.54, 1.807) is 0 Å². The van der Waals surface area contributed by atoms with Crippen LogP contribution < -0.4 is 11.3 Å². The Balaban J connectivity index is 2.60. The Morgan fingerprint density at radius 3 is 2.43 bits per heavy atom. The lowest BCUT2D eigenvalue weighted by molar-refractivity contribution is -0.137. The Bertz CT molecular complexity index is 633. The van der Waals surface area contributed by atoms with E-state index in [4.69, 9.17) is 5.84 Å². The topological polar surface area (TPSA) is 68.8 Å². The number of aryl methyl sites for hydroxylation is 2. The van der Waals surface area contributed by atoms with Gasteiger partial charge in [-0.25, -0.2) is 15.5 Å². The van der Waals surface area contributed by atoms with Crippen LogP contribution in [0.1, 0.15) is 30.8 Å². The van der Waals surface area contributed by atoms with Gasteiger partial charge in [-0.05, 0) is 31.0 Å². The van der Waals surface area contributed by atoms with Gasteiger partial charge in [-0.2, -0.15) is 18.3 Å². The molecule has 0 amide bonds. The van der Waals surface area contributed by atoms with Crippen molar-refractivity contribution in [1.82, 2.24) is 14.8 Å². The van der Waals surface area contributed by atoms with Gasteiger partial charge in [-0.1, -0.05) is 13.8 Å². The molecule has 0 unspecified atom stereocenters. The highest BCUT2D eigenvalue weighted by molar-refractivity contribution is 5.44. The number of aromatic nitrogens is 3. The van der Waals surface area contributed by atoms with Crippen molar-refractivity contribution in [3.63, 3.8) is 0 Å². The number of rotatable bonds is 4. The molecule has 21 heavy (non-hydrogen) atoms. The predicted octanol–water partition coefficient (Wildman–Crippen LogP) is 2.70. The third-order valence-corrected chi connectivity index (χ3v) is 3.06. The van der Waals surface area contributed by atoms with Gasteiger partial charge < -0.3 is 5.43 Å². The van der Waals surface area contributed by atoms with Crippen LogP contribution in [-0.2, 0) is 19.0 Å². The maximum atomic E-state index is 12.9. The molecule has 0 spiro atoms. The summed E-state index contributed by atoms with van der Waals surface area (Å²) in [7, 11) is 0. The molecule has 0 aliphatic heterocycles. The maximum absolute atomic E-state index is 12.9. The summed E-state index contributed by atoms with van der Waals surface area (Å²) in [5.74, 6) is 5.23. The van der Waals surface area contributed by atoms with Crippen LogP contribution in [0.15, 0.2) is 18.2 Å². The number of nitrogens with two attached hydrogens (primary N) is 1. The van der Waals surface area contributed by atoms with E-state index in [-0.39, 0.29) is 11.6 Å². The summed E-state index contributed by atoms with van der Waals surface area (Å²) in [5, 5.41) is 4.29. The molecule has 8 heteroatoms. The number of nitrogens with zero attached hydrogens (tertiary/aromatic N) is 3. The molecule has 0 aromatic carbocycles. The Morgan fingerprint density at radius 2 is 1.90 bits per heavy atom. The van der Waals surface area contributed by atoms with E-state index in [9.17, 15) is 13.2 Å². The largest absolute Gasteiger partial charge is 0.416 e. The molecule has 5 nitrogen and oxygen atoms in total. The van der Waals surface area contributed by atoms with Crippen molar-refractivity contribution in [2.24, 2.45) is 5.84 Å². The van der Waals surface area contributed by atoms with Crippen molar-refractivity contribution in [2.45, 2.75) is 32.9 Å². The number of halogens is 3. The van der Waals surface area contributed by atoms with Crippen molar-refractivity contribution in [1.29, 1.82) is 0 Å². The van der Waals surface area contributed by atoms with E-state index >= 15 is 0 Å². The minimum Gasteiger partial charge on any atom is -0.308 e. The van der Waals surface area contributed by atoms with Crippen molar-refractivity contribution >= 4 is 5.82 Å². The fourth-order valence-corrected chi connectivity index (χ4v) is 1.96. The fraction of sp³-hybridized carbons (Fsp3) is 0.385. The van der Waals surface area contributed by atoms with E-state index in [1.165, 1.54) is 4.68 Å². The van der Waals surface area contributed by atoms with Crippen LogP contribution >= 0.6 is 0 Å². The molecular weight excluding hydrogens is 283 g/mol. The van der Waals surface area contributed by atoms with Crippen LogP contribution in [0, 0.1) is 0 Å². The highest BCUT2D eigenvalue weighted by Gasteiger charge is 2.32. The Labute approximate surface area is 119 Å². The minimum absolute atomic E-state index is 0.0598. The molecule has 2 aromatic rings. The van der Waals surface area contributed by atoms with Crippen LogP contribution in [0.3, 0.4) is 0 Å². The zero-order valence-corrected chi connectivity index (χ0v) is 11.7. The van der Waals surface area contributed by atoms with Gasteiger partial charge in [0.15, 0.2) is 5.82 Å². The van der Waals surface area contributed by atoms with Gasteiger partial charge in [0.2, 0.25) is 0 Å². The second-order valence-corrected chi connectivity index (χ2v) is 4.49. The standard InChI is InChI=1S/C13H16F3N5/c1-3-9-7-10(4-2)21(20-9)12-6-8(13(14,15)16)5-11(18-12)19-17/h5-7H,3-4,17H2,1-2H3,(H,18,19). The van der Waals surface area contributed by atoms with Crippen LogP contribution in [0.2, 0.25) is 0 Å². The SMILES string of the molecule is CCc1cc(CC)n(-c2cc(C(F)(F)F)cc(NN)n2)n1. The first-order valence-electron chi connectivity index (χ1n) is 6.53. The molecule has 2 rings (SSSR count). The molecule has 0 atom stereocenters. The molecule has 0 aliphatic rings. The van der Waals surface area contributed by atoms with E-state index in [0.717, 1.165) is 23.5 Å². The first-order chi connectivity index (χ1) is 9.88. The average Bonchev–Trinajstić information content (AvgIpc) is 2.89. The molecule has 0 fully saturated rings. The predicted molar refractivity (Wildman–Crippen MR) is 72.9 cm³/mol. The summed E-state index contributed by atoms with van der Waals surface area (Å²) in [6.07, 6.45) is -3.15. The van der Waals surface area contributed by atoms with E-state index in [0.29, 0.717) is 12.8 Å². The monoisotopic (exact) mass is 299 g/mol. The van der Waals surface area contributed by atoms with E-state index in [1.807, 2.05) is 19.9 Å². The van der Waals surface area contributed by atoms with E-state index in [2.05, 4.69) is 15.5 Å². The zero-order chi connectivity index (χ0) is 15.6. The zero-order valence-electron chi connectivity index (χ0n) is 11.7. The first kappa shape index (κ1) is 15.3. The van der Waals surface area contributed by atoms with Crippen molar-refractivity contribution < 1.29 is 13.2 Å². The molecular formula is C13H16F3N5. The number of alkyl halides is 3.